The molecule has 1 heterocycles. The fraction of sp³-hybridized carbons (Fsp3) is 0.143. The minimum absolute atomic E-state index is 0.0204. The zero-order valence-electron chi connectivity index (χ0n) is 15.3. The van der Waals surface area contributed by atoms with Gasteiger partial charge >= 0.3 is 0 Å². The molecule has 0 aliphatic carbocycles. The van der Waals surface area contributed by atoms with E-state index in [4.69, 9.17) is 4.74 Å². The summed E-state index contributed by atoms with van der Waals surface area (Å²) in [5.74, 6) is 0.641. The molecule has 1 atom stereocenters. The molecule has 3 aromatic carbocycles. The Morgan fingerprint density at radius 3 is 2.72 bits per heavy atom. The summed E-state index contributed by atoms with van der Waals surface area (Å²) in [7, 11) is 0. The zero-order valence-corrected chi connectivity index (χ0v) is 15.3. The van der Waals surface area contributed by atoms with Gasteiger partial charge < -0.3 is 9.84 Å². The Kier molecular flexibility index (Phi) is 4.92. The Bertz CT molecular complexity index is 1260. The molecule has 0 saturated carbocycles. The van der Waals surface area contributed by atoms with Gasteiger partial charge in [-0.3, -0.25) is 19.5 Å². The monoisotopic (exact) mass is 391 g/mol. The first-order valence-corrected chi connectivity index (χ1v) is 8.95. The van der Waals surface area contributed by atoms with Crippen molar-refractivity contribution in [2.45, 2.75) is 12.6 Å². The van der Waals surface area contributed by atoms with E-state index in [0.29, 0.717) is 11.3 Å². The van der Waals surface area contributed by atoms with Crippen LogP contribution in [0.5, 0.6) is 5.75 Å². The lowest BCUT2D eigenvalue weighted by molar-refractivity contribution is -0.384. The van der Waals surface area contributed by atoms with E-state index in [0.717, 1.165) is 10.8 Å². The lowest BCUT2D eigenvalue weighted by Crippen LogP contribution is -2.30. The average molecular weight is 391 g/mol. The molecule has 1 N–H and O–H groups in total. The number of hydrogen-bond acceptors (Lipinski definition) is 6. The summed E-state index contributed by atoms with van der Waals surface area (Å²) in [5, 5.41) is 23.4. The molecule has 1 aromatic heterocycles. The highest BCUT2D eigenvalue weighted by Gasteiger charge is 2.14. The maximum Gasteiger partial charge on any atom is 0.270 e. The maximum atomic E-state index is 12.6. The summed E-state index contributed by atoms with van der Waals surface area (Å²) in [6.45, 7) is -0.0668. The van der Waals surface area contributed by atoms with Crippen molar-refractivity contribution in [1.29, 1.82) is 0 Å². The third-order valence-electron chi connectivity index (χ3n) is 4.61. The van der Waals surface area contributed by atoms with Crippen molar-refractivity contribution < 1.29 is 14.8 Å². The quantitative estimate of drug-likeness (QED) is 0.400. The van der Waals surface area contributed by atoms with Crippen LogP contribution in [0.25, 0.3) is 21.7 Å². The summed E-state index contributed by atoms with van der Waals surface area (Å²) < 4.78 is 6.98. The van der Waals surface area contributed by atoms with Gasteiger partial charge in [0.25, 0.3) is 11.2 Å². The Labute approximate surface area is 164 Å². The molecule has 8 nitrogen and oxygen atoms in total. The predicted octanol–water partition coefficient (Wildman–Crippen LogP) is 2.90. The Morgan fingerprint density at radius 1 is 1.10 bits per heavy atom. The molecule has 29 heavy (non-hydrogen) atoms. The number of non-ortho nitro benzene ring substituents is 1. The molecule has 0 aliphatic rings. The van der Waals surface area contributed by atoms with Crippen LogP contribution in [-0.2, 0) is 6.54 Å². The largest absolute Gasteiger partial charge is 0.490 e. The first-order valence-electron chi connectivity index (χ1n) is 8.95. The third kappa shape index (κ3) is 3.78. The van der Waals surface area contributed by atoms with Crippen LogP contribution < -0.4 is 10.3 Å². The molecule has 146 valence electrons. The number of ether oxygens (including phenoxy) is 1. The molecule has 8 heteroatoms. The lowest BCUT2D eigenvalue weighted by atomic mass is 10.1. The van der Waals surface area contributed by atoms with Crippen molar-refractivity contribution in [1.82, 2.24) is 9.55 Å². The maximum absolute atomic E-state index is 12.6. The van der Waals surface area contributed by atoms with Crippen LogP contribution in [0.1, 0.15) is 0 Å². The van der Waals surface area contributed by atoms with Gasteiger partial charge in [-0.1, -0.05) is 36.4 Å². The number of aliphatic hydroxyl groups is 1. The molecule has 0 amide bonds. The van der Waals surface area contributed by atoms with Crippen LogP contribution in [0.3, 0.4) is 0 Å². The van der Waals surface area contributed by atoms with Crippen molar-refractivity contribution in [2.24, 2.45) is 0 Å². The number of nitrogens with zero attached hydrogens (tertiary/aromatic N) is 3. The van der Waals surface area contributed by atoms with E-state index in [1.807, 2.05) is 42.5 Å². The SMILES string of the molecule is O=c1c2cc([N+](=O)[O-])ccc2ncn1CC(O)COc1cccc2ccccc12. The number of aromatic nitrogens is 2. The summed E-state index contributed by atoms with van der Waals surface area (Å²) in [6, 6.07) is 17.3. The van der Waals surface area contributed by atoms with E-state index in [-0.39, 0.29) is 24.2 Å². The minimum atomic E-state index is -0.968. The van der Waals surface area contributed by atoms with Crippen LogP contribution in [-0.4, -0.2) is 32.3 Å². The van der Waals surface area contributed by atoms with Crippen molar-refractivity contribution in [3.8, 4) is 5.75 Å². The average Bonchev–Trinajstić information content (AvgIpc) is 2.74. The topological polar surface area (TPSA) is 107 Å². The zero-order chi connectivity index (χ0) is 20.4. The highest BCUT2D eigenvalue weighted by molar-refractivity contribution is 5.88. The third-order valence-corrected chi connectivity index (χ3v) is 4.61. The number of rotatable bonds is 6. The molecule has 0 fully saturated rings. The fourth-order valence-electron chi connectivity index (χ4n) is 3.18. The van der Waals surface area contributed by atoms with Crippen LogP contribution in [0, 0.1) is 10.1 Å². The van der Waals surface area contributed by atoms with E-state index in [1.54, 1.807) is 0 Å². The van der Waals surface area contributed by atoms with Gasteiger partial charge in [-0.25, -0.2) is 4.98 Å². The summed E-state index contributed by atoms with van der Waals surface area (Å²) in [6.07, 6.45) is 0.349. The van der Waals surface area contributed by atoms with Crippen LogP contribution in [0.2, 0.25) is 0 Å². The molecule has 0 spiro atoms. The van der Waals surface area contributed by atoms with Crippen molar-refractivity contribution in [3.05, 3.63) is 87.5 Å². The van der Waals surface area contributed by atoms with Gasteiger partial charge in [0.2, 0.25) is 0 Å². The lowest BCUT2D eigenvalue weighted by Gasteiger charge is -2.15. The second kappa shape index (κ2) is 7.69. The summed E-state index contributed by atoms with van der Waals surface area (Å²) >= 11 is 0. The van der Waals surface area contributed by atoms with Gasteiger partial charge in [-0.2, -0.15) is 0 Å². The highest BCUT2D eigenvalue weighted by atomic mass is 16.6. The molecule has 1 unspecified atom stereocenters. The Balaban J connectivity index is 1.53. The smallest absolute Gasteiger partial charge is 0.270 e. The molecule has 0 aliphatic heterocycles. The predicted molar refractivity (Wildman–Crippen MR) is 108 cm³/mol. The second-order valence-corrected chi connectivity index (χ2v) is 6.60. The Hall–Kier alpha value is -3.78. The number of nitro groups is 1. The molecule has 0 bridgehead atoms. The van der Waals surface area contributed by atoms with Crippen molar-refractivity contribution in [2.75, 3.05) is 6.61 Å². The van der Waals surface area contributed by atoms with Gasteiger partial charge in [0, 0.05) is 17.5 Å². The van der Waals surface area contributed by atoms with Crippen LogP contribution in [0.4, 0.5) is 5.69 Å². The number of aliphatic hydroxyl groups excluding tert-OH is 1. The normalized spacial score (nSPS) is 12.2. The molecular weight excluding hydrogens is 374 g/mol. The molecule has 4 aromatic rings. The van der Waals surface area contributed by atoms with E-state index in [2.05, 4.69) is 4.98 Å². The van der Waals surface area contributed by atoms with Gasteiger partial charge in [-0.05, 0) is 17.5 Å². The number of benzene rings is 3. The van der Waals surface area contributed by atoms with Gasteiger partial charge in [0.15, 0.2) is 0 Å². The summed E-state index contributed by atoms with van der Waals surface area (Å²) in [5.41, 5.74) is -0.282. The van der Waals surface area contributed by atoms with Crippen LogP contribution >= 0.6 is 0 Å². The number of hydrogen-bond donors (Lipinski definition) is 1. The van der Waals surface area contributed by atoms with Gasteiger partial charge in [0.1, 0.15) is 18.5 Å². The highest BCUT2D eigenvalue weighted by Crippen LogP contribution is 2.25. The first kappa shape index (κ1) is 18.6. The molecule has 0 radical (unpaired) electrons. The van der Waals surface area contributed by atoms with Crippen molar-refractivity contribution >= 4 is 27.4 Å². The molecule has 4 rings (SSSR count). The van der Waals surface area contributed by atoms with E-state index >= 15 is 0 Å². The fourth-order valence-corrected chi connectivity index (χ4v) is 3.18. The van der Waals surface area contributed by atoms with E-state index in [1.165, 1.54) is 29.1 Å². The molecule has 0 saturated heterocycles. The summed E-state index contributed by atoms with van der Waals surface area (Å²) in [4.78, 5) is 27.2. The minimum Gasteiger partial charge on any atom is -0.490 e. The Morgan fingerprint density at radius 2 is 1.90 bits per heavy atom. The van der Waals surface area contributed by atoms with Crippen LogP contribution in [0.15, 0.2) is 71.8 Å². The standard InChI is InChI=1S/C21H17N3O5/c25-16(12-29-20-7-3-5-14-4-1-2-6-17(14)20)11-23-13-22-19-9-8-15(24(27)28)10-18(19)21(23)26/h1-10,13,16,25H,11-12H2. The van der Waals surface area contributed by atoms with E-state index < -0.39 is 16.6 Å². The van der Waals surface area contributed by atoms with Crippen molar-refractivity contribution in [3.63, 3.8) is 0 Å². The van der Waals surface area contributed by atoms with Gasteiger partial charge in [-0.15, -0.1) is 0 Å². The van der Waals surface area contributed by atoms with Gasteiger partial charge in [0.05, 0.1) is 28.7 Å². The first-order chi connectivity index (χ1) is 14.0. The number of nitro benzene ring substituents is 1. The molecular formula is C21H17N3O5. The van der Waals surface area contributed by atoms with E-state index in [9.17, 15) is 20.0 Å². The number of fused-ring (bicyclic) bond motifs is 2. The second-order valence-electron chi connectivity index (χ2n) is 6.60.